The molecule has 0 radical (unpaired) electrons. The molecule has 0 amide bonds. The summed E-state index contributed by atoms with van der Waals surface area (Å²) in [5.41, 5.74) is 8.11. The molecule has 0 saturated carbocycles. The summed E-state index contributed by atoms with van der Waals surface area (Å²) < 4.78 is 0. The highest BCUT2D eigenvalue weighted by Gasteiger charge is 2.01. The first-order chi connectivity index (χ1) is 6.83. The summed E-state index contributed by atoms with van der Waals surface area (Å²) in [5.74, 6) is 0.431. The van der Waals surface area contributed by atoms with Crippen LogP contribution in [0.25, 0.3) is 21.9 Å². The standard InChI is InChI=1S/C9H7N5/c10-9-4-11-7-2-6-5(3-12-14-6)1-8(7)13-9/h1-4H,(H2,10,13)(H,12,14). The first-order valence-electron chi connectivity index (χ1n) is 4.18. The zero-order valence-electron chi connectivity index (χ0n) is 7.23. The van der Waals surface area contributed by atoms with Crippen molar-refractivity contribution in [2.24, 2.45) is 0 Å². The molecule has 0 aliphatic rings. The van der Waals surface area contributed by atoms with Crippen molar-refractivity contribution in [2.75, 3.05) is 5.73 Å². The fraction of sp³-hybridized carbons (Fsp3) is 0. The van der Waals surface area contributed by atoms with Crippen molar-refractivity contribution in [3.05, 3.63) is 24.5 Å². The van der Waals surface area contributed by atoms with Crippen LogP contribution in [-0.4, -0.2) is 20.2 Å². The van der Waals surface area contributed by atoms with Crippen molar-refractivity contribution >= 4 is 27.8 Å². The fourth-order valence-corrected chi connectivity index (χ4v) is 1.46. The SMILES string of the molecule is Nc1cnc2cc3[nH]ncc3cc2n1. The number of nitrogen functional groups attached to an aromatic ring is 1. The van der Waals surface area contributed by atoms with Gasteiger partial charge in [-0.3, -0.25) is 10.1 Å². The topological polar surface area (TPSA) is 80.5 Å². The zero-order chi connectivity index (χ0) is 9.54. The van der Waals surface area contributed by atoms with E-state index in [9.17, 15) is 0 Å². The predicted octanol–water partition coefficient (Wildman–Crippen LogP) is 1.09. The van der Waals surface area contributed by atoms with E-state index in [1.165, 1.54) is 0 Å². The van der Waals surface area contributed by atoms with Gasteiger partial charge in [-0.05, 0) is 12.1 Å². The molecule has 5 heteroatoms. The Morgan fingerprint density at radius 1 is 1.14 bits per heavy atom. The molecule has 2 aromatic heterocycles. The minimum absolute atomic E-state index is 0.431. The number of nitrogens with one attached hydrogen (secondary N) is 1. The van der Waals surface area contributed by atoms with Crippen LogP contribution in [0.5, 0.6) is 0 Å². The van der Waals surface area contributed by atoms with Gasteiger partial charge in [-0.1, -0.05) is 0 Å². The Balaban J connectivity index is 2.50. The number of hydrogen-bond donors (Lipinski definition) is 2. The molecule has 3 rings (SSSR count). The monoisotopic (exact) mass is 185 g/mol. The number of hydrogen-bond acceptors (Lipinski definition) is 4. The highest BCUT2D eigenvalue weighted by atomic mass is 15.1. The van der Waals surface area contributed by atoms with Crippen LogP contribution in [0.4, 0.5) is 5.82 Å². The van der Waals surface area contributed by atoms with E-state index in [4.69, 9.17) is 5.73 Å². The zero-order valence-corrected chi connectivity index (χ0v) is 7.23. The molecular formula is C9H7N5. The number of anilines is 1. The molecule has 0 bridgehead atoms. The summed E-state index contributed by atoms with van der Waals surface area (Å²) in [7, 11) is 0. The molecular weight excluding hydrogens is 178 g/mol. The van der Waals surface area contributed by atoms with E-state index in [1.54, 1.807) is 12.4 Å². The second-order valence-corrected chi connectivity index (χ2v) is 3.09. The number of fused-ring (bicyclic) bond motifs is 2. The largest absolute Gasteiger partial charge is 0.382 e. The van der Waals surface area contributed by atoms with Crippen LogP contribution in [0.15, 0.2) is 24.5 Å². The molecule has 0 fully saturated rings. The maximum absolute atomic E-state index is 5.55. The number of H-pyrrole nitrogens is 1. The van der Waals surface area contributed by atoms with Crippen LogP contribution in [0.3, 0.4) is 0 Å². The van der Waals surface area contributed by atoms with E-state index in [0.717, 1.165) is 21.9 Å². The number of aromatic nitrogens is 4. The Bertz CT molecular complexity index is 613. The maximum atomic E-state index is 5.55. The quantitative estimate of drug-likeness (QED) is 0.549. The average Bonchev–Trinajstić information content (AvgIpc) is 2.61. The van der Waals surface area contributed by atoms with E-state index < -0.39 is 0 Å². The van der Waals surface area contributed by atoms with Gasteiger partial charge in [0.2, 0.25) is 0 Å². The number of benzene rings is 1. The van der Waals surface area contributed by atoms with E-state index >= 15 is 0 Å². The van der Waals surface area contributed by atoms with Crippen LogP contribution in [-0.2, 0) is 0 Å². The smallest absolute Gasteiger partial charge is 0.142 e. The lowest BCUT2D eigenvalue weighted by atomic mass is 10.2. The number of nitrogens with two attached hydrogens (primary N) is 1. The second kappa shape index (κ2) is 2.41. The molecule has 1 aromatic carbocycles. The molecule has 68 valence electrons. The van der Waals surface area contributed by atoms with Crippen molar-refractivity contribution in [3.8, 4) is 0 Å². The fourth-order valence-electron chi connectivity index (χ4n) is 1.46. The summed E-state index contributed by atoms with van der Waals surface area (Å²) in [6, 6.07) is 3.82. The maximum Gasteiger partial charge on any atom is 0.142 e. The van der Waals surface area contributed by atoms with Crippen LogP contribution in [0.1, 0.15) is 0 Å². The van der Waals surface area contributed by atoms with Crippen molar-refractivity contribution < 1.29 is 0 Å². The van der Waals surface area contributed by atoms with Crippen molar-refractivity contribution in [3.63, 3.8) is 0 Å². The van der Waals surface area contributed by atoms with E-state index in [0.29, 0.717) is 5.82 Å². The van der Waals surface area contributed by atoms with Crippen LogP contribution < -0.4 is 5.73 Å². The minimum Gasteiger partial charge on any atom is -0.382 e. The number of nitrogens with zero attached hydrogens (tertiary/aromatic N) is 3. The van der Waals surface area contributed by atoms with Crippen LogP contribution in [0.2, 0.25) is 0 Å². The van der Waals surface area contributed by atoms with Gasteiger partial charge in [0.05, 0.1) is 28.9 Å². The summed E-state index contributed by atoms with van der Waals surface area (Å²) in [6.45, 7) is 0. The van der Waals surface area contributed by atoms with Crippen LogP contribution >= 0.6 is 0 Å². The molecule has 3 aromatic rings. The third kappa shape index (κ3) is 0.922. The predicted molar refractivity (Wildman–Crippen MR) is 53.6 cm³/mol. The summed E-state index contributed by atoms with van der Waals surface area (Å²) in [5, 5.41) is 7.82. The van der Waals surface area contributed by atoms with Gasteiger partial charge in [-0.15, -0.1) is 0 Å². The number of rotatable bonds is 0. The van der Waals surface area contributed by atoms with E-state index in [-0.39, 0.29) is 0 Å². The highest BCUT2D eigenvalue weighted by Crippen LogP contribution is 2.18. The summed E-state index contributed by atoms with van der Waals surface area (Å²) in [6.07, 6.45) is 3.30. The second-order valence-electron chi connectivity index (χ2n) is 3.09. The highest BCUT2D eigenvalue weighted by molar-refractivity contribution is 5.92. The minimum atomic E-state index is 0.431. The molecule has 2 heterocycles. The van der Waals surface area contributed by atoms with Crippen molar-refractivity contribution in [2.45, 2.75) is 0 Å². The Kier molecular flexibility index (Phi) is 1.25. The van der Waals surface area contributed by atoms with Gasteiger partial charge < -0.3 is 5.73 Å². The van der Waals surface area contributed by atoms with E-state index in [2.05, 4.69) is 20.2 Å². The van der Waals surface area contributed by atoms with Gasteiger partial charge in [0.25, 0.3) is 0 Å². The molecule has 3 N–H and O–H groups in total. The van der Waals surface area contributed by atoms with Crippen molar-refractivity contribution in [1.29, 1.82) is 0 Å². The normalized spacial score (nSPS) is 11.1. The van der Waals surface area contributed by atoms with Gasteiger partial charge in [-0.2, -0.15) is 5.10 Å². The number of aromatic amines is 1. The van der Waals surface area contributed by atoms with Gasteiger partial charge in [0.1, 0.15) is 5.82 Å². The molecule has 0 aliphatic carbocycles. The molecule has 0 saturated heterocycles. The third-order valence-corrected chi connectivity index (χ3v) is 2.12. The summed E-state index contributed by atoms with van der Waals surface area (Å²) >= 11 is 0. The first kappa shape index (κ1) is 7.25. The lowest BCUT2D eigenvalue weighted by Crippen LogP contribution is -1.92. The Morgan fingerprint density at radius 2 is 2.07 bits per heavy atom. The lowest BCUT2D eigenvalue weighted by molar-refractivity contribution is 1.12. The lowest BCUT2D eigenvalue weighted by Gasteiger charge is -1.97. The molecule has 0 atom stereocenters. The molecule has 5 nitrogen and oxygen atoms in total. The Morgan fingerprint density at radius 3 is 3.00 bits per heavy atom. The first-order valence-corrected chi connectivity index (χ1v) is 4.18. The molecule has 0 aliphatic heterocycles. The van der Waals surface area contributed by atoms with Gasteiger partial charge in [-0.25, -0.2) is 4.98 Å². The van der Waals surface area contributed by atoms with E-state index in [1.807, 2.05) is 12.1 Å². The average molecular weight is 185 g/mol. The summed E-state index contributed by atoms with van der Waals surface area (Å²) in [4.78, 5) is 8.35. The van der Waals surface area contributed by atoms with Gasteiger partial charge in [0, 0.05) is 5.39 Å². The third-order valence-electron chi connectivity index (χ3n) is 2.12. The van der Waals surface area contributed by atoms with Gasteiger partial charge in [0.15, 0.2) is 0 Å². The Hall–Kier alpha value is -2.17. The van der Waals surface area contributed by atoms with Gasteiger partial charge >= 0.3 is 0 Å². The van der Waals surface area contributed by atoms with Crippen molar-refractivity contribution in [1.82, 2.24) is 20.2 Å². The molecule has 0 spiro atoms. The molecule has 0 unspecified atom stereocenters. The van der Waals surface area contributed by atoms with Crippen LogP contribution in [0, 0.1) is 0 Å². The Labute approximate surface area is 79.0 Å². The molecule has 14 heavy (non-hydrogen) atoms.